The summed E-state index contributed by atoms with van der Waals surface area (Å²) in [5, 5.41) is 3.43. The highest BCUT2D eigenvalue weighted by atomic mass is 32.2. The normalized spacial score (nSPS) is 32.1. The lowest BCUT2D eigenvalue weighted by Gasteiger charge is -2.49. The third-order valence-corrected chi connectivity index (χ3v) is 8.95. The van der Waals surface area contributed by atoms with Crippen LogP contribution in [0.1, 0.15) is 64.4 Å². The number of nitrogens with two attached hydrogens (primary N) is 1. The van der Waals surface area contributed by atoms with Gasteiger partial charge in [0.25, 0.3) is 0 Å². The largest absolute Gasteiger partial charge is 0.417 e. The van der Waals surface area contributed by atoms with E-state index in [9.17, 15) is 22.8 Å². The fraction of sp³-hybridized carbons (Fsp3) is 0.680. The van der Waals surface area contributed by atoms with Crippen LogP contribution in [0.25, 0.3) is 0 Å². The maximum atomic E-state index is 12.7. The van der Waals surface area contributed by atoms with Crippen molar-refractivity contribution in [1.82, 2.24) is 10.0 Å². The summed E-state index contributed by atoms with van der Waals surface area (Å²) in [5.41, 5.74) is 3.98. The van der Waals surface area contributed by atoms with E-state index in [-0.39, 0.29) is 16.2 Å². The molecule has 3 fully saturated rings. The van der Waals surface area contributed by atoms with Crippen LogP contribution in [0.2, 0.25) is 0 Å². The van der Waals surface area contributed by atoms with Gasteiger partial charge in [-0.3, -0.25) is 4.79 Å². The zero-order chi connectivity index (χ0) is 25.1. The van der Waals surface area contributed by atoms with E-state index in [0.29, 0.717) is 30.7 Å². The predicted molar refractivity (Wildman–Crippen MR) is 128 cm³/mol. The summed E-state index contributed by atoms with van der Waals surface area (Å²) in [6.07, 6.45) is 3.18. The number of nitrogens with one attached hydrogen (secondary N) is 2. The summed E-state index contributed by atoms with van der Waals surface area (Å²) in [7, 11) is 2.04. The minimum Gasteiger partial charge on any atom is -0.369 e. The quantitative estimate of drug-likeness (QED) is 0.381. The van der Waals surface area contributed by atoms with Crippen LogP contribution in [0, 0.1) is 23.2 Å². The molecule has 2 bridgehead atoms. The Labute approximate surface area is 204 Å². The number of aldehydes is 1. The van der Waals surface area contributed by atoms with E-state index in [1.165, 1.54) is 25.0 Å². The number of amides is 1. The Morgan fingerprint density at radius 3 is 2.41 bits per heavy atom. The lowest BCUT2D eigenvalue weighted by Crippen LogP contribution is -2.52. The number of alkyl halides is 3. The molecule has 9 heteroatoms. The summed E-state index contributed by atoms with van der Waals surface area (Å²) >= 11 is 0.880. The van der Waals surface area contributed by atoms with Crippen molar-refractivity contribution in [2.75, 3.05) is 7.05 Å². The van der Waals surface area contributed by atoms with Crippen molar-refractivity contribution in [3.8, 4) is 0 Å². The first kappa shape index (κ1) is 27.0. The Hall–Kier alpha value is -1.58. The highest BCUT2D eigenvalue weighted by Gasteiger charge is 2.47. The Morgan fingerprint density at radius 2 is 1.88 bits per heavy atom. The monoisotopic (exact) mass is 499 g/mol. The third-order valence-electron chi connectivity index (χ3n) is 7.87. The van der Waals surface area contributed by atoms with Crippen LogP contribution in [-0.2, 0) is 15.8 Å². The van der Waals surface area contributed by atoms with Crippen LogP contribution < -0.4 is 15.8 Å². The number of benzene rings is 1. The van der Waals surface area contributed by atoms with Crippen LogP contribution in [0.5, 0.6) is 0 Å². The first-order chi connectivity index (χ1) is 15.9. The average molecular weight is 500 g/mol. The summed E-state index contributed by atoms with van der Waals surface area (Å²) in [6, 6.07) is 5.91. The van der Waals surface area contributed by atoms with E-state index < -0.39 is 17.3 Å². The molecule has 5 unspecified atom stereocenters. The standard InChI is InChI=1S/C13H24N2O.C12H12F3NOS/c1-8-4-9-5-10(11(8)15-3)7-13(2,6-9)12(14)16;13-12(14,15)9-4-1-2-5-10(9)18-16-11(8-17)6-3-7-11/h8-11,15H,4-7H2,1-3H3,(H2,14,16);1-2,4-5,8,16H,3,6-7H2. The second kappa shape index (κ2) is 10.6. The summed E-state index contributed by atoms with van der Waals surface area (Å²) in [4.78, 5) is 22.6. The van der Waals surface area contributed by atoms with Gasteiger partial charge in [0.2, 0.25) is 5.91 Å². The van der Waals surface area contributed by atoms with Gasteiger partial charge in [-0.1, -0.05) is 26.0 Å². The number of carbonyl (C=O) groups excluding carboxylic acids is 2. The summed E-state index contributed by atoms with van der Waals surface area (Å²) in [5.74, 6) is 1.96. The van der Waals surface area contributed by atoms with Crippen molar-refractivity contribution in [3.63, 3.8) is 0 Å². The number of halogens is 3. The van der Waals surface area contributed by atoms with Gasteiger partial charge >= 0.3 is 6.18 Å². The van der Waals surface area contributed by atoms with Gasteiger partial charge in [0.15, 0.2) is 0 Å². The molecule has 4 rings (SSSR count). The van der Waals surface area contributed by atoms with Crippen LogP contribution in [0.4, 0.5) is 13.2 Å². The first-order valence-corrected chi connectivity index (χ1v) is 12.8. The van der Waals surface area contributed by atoms with Crippen LogP contribution in [0.3, 0.4) is 0 Å². The predicted octanol–water partition coefficient (Wildman–Crippen LogP) is 4.95. The van der Waals surface area contributed by atoms with E-state index >= 15 is 0 Å². The molecule has 3 aliphatic carbocycles. The van der Waals surface area contributed by atoms with Crippen LogP contribution >= 0.6 is 11.9 Å². The number of rotatable bonds is 6. The summed E-state index contributed by atoms with van der Waals surface area (Å²) in [6.45, 7) is 4.38. The molecule has 0 saturated heterocycles. The van der Waals surface area contributed by atoms with Crippen LogP contribution in [0.15, 0.2) is 29.2 Å². The minimum atomic E-state index is -4.38. The molecule has 5 nitrogen and oxygen atoms in total. The SMILES string of the molecule is CNC1C(C)CC2CC1CC(C)(C(N)=O)C2.O=CC1(NSc2ccccc2C(F)(F)F)CCC1. The molecule has 1 aromatic rings. The van der Waals surface area contributed by atoms with Crippen molar-refractivity contribution in [2.45, 2.75) is 81.4 Å². The molecular formula is C25H36F3N3O2S. The Kier molecular flexibility index (Phi) is 8.41. The fourth-order valence-corrected chi connectivity index (χ4v) is 6.96. The van der Waals surface area contributed by atoms with Gasteiger partial charge in [0.05, 0.1) is 11.1 Å². The number of hydrogen-bond acceptors (Lipinski definition) is 5. The van der Waals surface area contributed by atoms with E-state index in [1.54, 1.807) is 6.07 Å². The highest BCUT2D eigenvalue weighted by molar-refractivity contribution is 7.97. The lowest BCUT2D eigenvalue weighted by molar-refractivity contribution is -0.139. The number of primary amides is 1. The van der Waals surface area contributed by atoms with Gasteiger partial charge < -0.3 is 15.8 Å². The van der Waals surface area contributed by atoms with E-state index in [1.807, 2.05) is 7.05 Å². The first-order valence-electron chi connectivity index (χ1n) is 12.0. The number of fused-ring (bicyclic) bond motifs is 2. The molecule has 0 aliphatic heterocycles. The molecule has 3 saturated carbocycles. The number of hydrogen-bond donors (Lipinski definition) is 3. The van der Waals surface area contributed by atoms with E-state index in [0.717, 1.165) is 49.5 Å². The second-order valence-electron chi connectivity index (χ2n) is 10.5. The molecule has 0 heterocycles. The van der Waals surface area contributed by atoms with Gasteiger partial charge in [-0.15, -0.1) is 0 Å². The molecule has 0 aromatic heterocycles. The fourth-order valence-electron chi connectivity index (χ4n) is 5.95. The molecule has 0 radical (unpaired) electrons. The van der Waals surface area contributed by atoms with Crippen molar-refractivity contribution in [3.05, 3.63) is 29.8 Å². The third kappa shape index (κ3) is 5.97. The smallest absolute Gasteiger partial charge is 0.369 e. The molecule has 1 aromatic carbocycles. The zero-order valence-corrected chi connectivity index (χ0v) is 20.9. The van der Waals surface area contributed by atoms with Gasteiger partial charge in [-0.25, -0.2) is 4.72 Å². The van der Waals surface area contributed by atoms with Crippen molar-refractivity contribution in [2.24, 2.45) is 28.9 Å². The summed E-state index contributed by atoms with van der Waals surface area (Å²) < 4.78 is 41.1. The van der Waals surface area contributed by atoms with Gasteiger partial charge in [-0.05, 0) is 93.8 Å². The average Bonchev–Trinajstić information content (AvgIpc) is 2.73. The minimum absolute atomic E-state index is 0.0955. The molecule has 34 heavy (non-hydrogen) atoms. The van der Waals surface area contributed by atoms with E-state index in [2.05, 4.69) is 23.9 Å². The van der Waals surface area contributed by atoms with Crippen molar-refractivity contribution in [1.29, 1.82) is 0 Å². The van der Waals surface area contributed by atoms with E-state index in [4.69, 9.17) is 5.73 Å². The van der Waals surface area contributed by atoms with Gasteiger partial charge in [0.1, 0.15) is 6.29 Å². The zero-order valence-electron chi connectivity index (χ0n) is 20.1. The maximum Gasteiger partial charge on any atom is 0.417 e. The molecule has 4 N–H and O–H groups in total. The molecule has 1 amide bonds. The maximum absolute atomic E-state index is 12.7. The van der Waals surface area contributed by atoms with Crippen LogP contribution in [-0.4, -0.2) is 30.8 Å². The molecule has 5 atom stereocenters. The van der Waals surface area contributed by atoms with Gasteiger partial charge in [-0.2, -0.15) is 13.2 Å². The van der Waals surface area contributed by atoms with Crippen molar-refractivity contribution >= 4 is 24.1 Å². The lowest BCUT2D eigenvalue weighted by atomic mass is 9.57. The van der Waals surface area contributed by atoms with Gasteiger partial charge in [0, 0.05) is 16.4 Å². The van der Waals surface area contributed by atoms with Crippen molar-refractivity contribution < 1.29 is 22.8 Å². The second-order valence-corrected chi connectivity index (χ2v) is 11.4. The molecule has 3 aliphatic rings. The topological polar surface area (TPSA) is 84.2 Å². The highest BCUT2D eigenvalue weighted by Crippen LogP contribution is 2.50. The molecule has 190 valence electrons. The molecule has 0 spiro atoms. The number of carbonyl (C=O) groups is 2. The Morgan fingerprint density at radius 1 is 1.21 bits per heavy atom. The molecular weight excluding hydrogens is 463 g/mol. The Bertz CT molecular complexity index is 875. The Balaban J connectivity index is 0.000000192.